The summed E-state index contributed by atoms with van der Waals surface area (Å²) in [5, 5.41) is -0.0522. The molecular weight excluding hydrogens is 235 g/mol. The summed E-state index contributed by atoms with van der Waals surface area (Å²) in [5.41, 5.74) is 5.13. The van der Waals surface area contributed by atoms with Gasteiger partial charge in [-0.15, -0.1) is 23.4 Å². The van der Waals surface area contributed by atoms with Crippen molar-refractivity contribution < 1.29 is 0 Å². The van der Waals surface area contributed by atoms with Gasteiger partial charge >= 0.3 is 0 Å². The van der Waals surface area contributed by atoms with Crippen molar-refractivity contribution in [3.63, 3.8) is 0 Å². The van der Waals surface area contributed by atoms with Crippen LogP contribution in [0.2, 0.25) is 0 Å². The number of hydrogen-bond donors (Lipinski definition) is 0. The second kappa shape index (κ2) is 4.18. The van der Waals surface area contributed by atoms with E-state index >= 15 is 0 Å². The van der Waals surface area contributed by atoms with Crippen LogP contribution >= 0.6 is 35.0 Å². The lowest BCUT2D eigenvalue weighted by molar-refractivity contribution is 1.03. The maximum Gasteiger partial charge on any atom is 0.0825 e. The van der Waals surface area contributed by atoms with E-state index in [1.54, 1.807) is 17.3 Å². The van der Waals surface area contributed by atoms with Crippen molar-refractivity contribution in [3.8, 4) is 0 Å². The van der Waals surface area contributed by atoms with Gasteiger partial charge in [0.05, 0.1) is 5.38 Å². The zero-order valence-corrected chi connectivity index (χ0v) is 10.1. The molecular formula is C11H10Cl2S. The summed E-state index contributed by atoms with van der Waals surface area (Å²) in [7, 11) is 0. The molecule has 0 bridgehead atoms. The highest BCUT2D eigenvalue weighted by Crippen LogP contribution is 2.43. The maximum absolute atomic E-state index is 6.32. The Morgan fingerprint density at radius 3 is 3.00 bits per heavy atom. The molecule has 3 heteroatoms. The zero-order chi connectivity index (χ0) is 10.1. The number of alkyl halides is 1. The molecule has 0 radical (unpaired) electrons. The highest BCUT2D eigenvalue weighted by atomic mass is 35.5. The highest BCUT2D eigenvalue weighted by Gasteiger charge is 2.22. The maximum atomic E-state index is 6.32. The summed E-state index contributed by atoms with van der Waals surface area (Å²) in [6.07, 6.45) is 0. The Morgan fingerprint density at radius 2 is 2.29 bits per heavy atom. The van der Waals surface area contributed by atoms with Crippen molar-refractivity contribution >= 4 is 35.0 Å². The Balaban J connectivity index is 2.48. The van der Waals surface area contributed by atoms with Gasteiger partial charge in [0.15, 0.2) is 0 Å². The average Bonchev–Trinajstić information content (AvgIpc) is 2.20. The van der Waals surface area contributed by atoms with Crippen molar-refractivity contribution in [2.75, 3.05) is 5.75 Å². The van der Waals surface area contributed by atoms with Gasteiger partial charge in [0, 0.05) is 16.2 Å². The molecule has 0 N–H and O–H groups in total. The molecule has 0 nitrogen and oxygen atoms in total. The number of thioether (sulfide) groups is 1. The minimum atomic E-state index is -0.0522. The number of halogens is 2. The summed E-state index contributed by atoms with van der Waals surface area (Å²) in [5.74, 6) is 0.897. The Bertz CT molecular complexity index is 385. The van der Waals surface area contributed by atoms with Gasteiger partial charge in [0.1, 0.15) is 0 Å². The fraction of sp³-hybridized carbons (Fsp3) is 0.273. The number of aryl methyl sites for hydroxylation is 1. The second-order valence-electron chi connectivity index (χ2n) is 3.38. The molecule has 0 saturated carbocycles. The van der Waals surface area contributed by atoms with Gasteiger partial charge in [-0.1, -0.05) is 29.3 Å². The van der Waals surface area contributed by atoms with Crippen LogP contribution in [0.3, 0.4) is 0 Å². The number of hydrogen-bond acceptors (Lipinski definition) is 1. The van der Waals surface area contributed by atoms with Gasteiger partial charge in [-0.3, -0.25) is 0 Å². The summed E-state index contributed by atoms with van der Waals surface area (Å²) < 4.78 is 0. The third-order valence-electron chi connectivity index (χ3n) is 2.30. The largest absolute Gasteiger partial charge is 0.121 e. The Hall–Kier alpha value is -0.110. The van der Waals surface area contributed by atoms with Crippen molar-refractivity contribution in [1.29, 1.82) is 0 Å². The van der Waals surface area contributed by atoms with Gasteiger partial charge in [0.25, 0.3) is 0 Å². The monoisotopic (exact) mass is 244 g/mol. The molecule has 1 heterocycles. The molecule has 1 aliphatic rings. The first-order chi connectivity index (χ1) is 6.72. The molecule has 1 unspecified atom stereocenters. The van der Waals surface area contributed by atoms with Crippen molar-refractivity contribution in [2.45, 2.75) is 17.2 Å². The Labute approximate surface area is 98.3 Å². The van der Waals surface area contributed by atoms with Gasteiger partial charge in [-0.05, 0) is 24.1 Å². The van der Waals surface area contributed by atoms with Crippen molar-refractivity contribution in [2.24, 2.45) is 0 Å². The van der Waals surface area contributed by atoms with E-state index in [1.807, 2.05) is 0 Å². The van der Waals surface area contributed by atoms with E-state index in [9.17, 15) is 0 Å². The summed E-state index contributed by atoms with van der Waals surface area (Å²) in [6, 6.07) is 6.39. The third-order valence-corrected chi connectivity index (χ3v) is 4.25. The lowest BCUT2D eigenvalue weighted by atomic mass is 10.0. The zero-order valence-electron chi connectivity index (χ0n) is 7.76. The molecule has 0 aromatic heterocycles. The topological polar surface area (TPSA) is 0 Å². The summed E-state index contributed by atoms with van der Waals surface area (Å²) in [4.78, 5) is 1.28. The lowest BCUT2D eigenvalue weighted by Gasteiger charge is -2.23. The van der Waals surface area contributed by atoms with E-state index < -0.39 is 0 Å². The van der Waals surface area contributed by atoms with Crippen LogP contribution in [0.25, 0.3) is 0 Å². The SMILES string of the molecule is Cc1ccc2c(c1)C(Cl)/C(=C/Cl)CS2. The van der Waals surface area contributed by atoms with Gasteiger partial charge in [0.2, 0.25) is 0 Å². The Morgan fingerprint density at radius 1 is 1.50 bits per heavy atom. The lowest BCUT2D eigenvalue weighted by Crippen LogP contribution is -2.05. The molecule has 0 aliphatic carbocycles. The molecule has 0 amide bonds. The number of benzene rings is 1. The fourth-order valence-electron chi connectivity index (χ4n) is 1.52. The fourth-order valence-corrected chi connectivity index (χ4v) is 3.43. The van der Waals surface area contributed by atoms with E-state index in [0.717, 1.165) is 11.3 Å². The van der Waals surface area contributed by atoms with Crippen LogP contribution in [-0.4, -0.2) is 5.75 Å². The number of fused-ring (bicyclic) bond motifs is 1. The Kier molecular flexibility index (Phi) is 3.10. The number of rotatable bonds is 0. The van der Waals surface area contributed by atoms with Crippen LogP contribution < -0.4 is 0 Å². The molecule has 0 spiro atoms. The minimum absolute atomic E-state index is 0.0522. The first kappa shape index (κ1) is 10.4. The van der Waals surface area contributed by atoms with Crippen LogP contribution in [0.1, 0.15) is 16.5 Å². The summed E-state index contributed by atoms with van der Waals surface area (Å²) >= 11 is 13.8. The first-order valence-corrected chi connectivity index (χ1v) is 6.25. The molecule has 1 aromatic rings. The van der Waals surface area contributed by atoms with Crippen LogP contribution in [0, 0.1) is 6.92 Å². The predicted octanol–water partition coefficient (Wildman–Crippen LogP) is 4.50. The van der Waals surface area contributed by atoms with E-state index in [0.29, 0.717) is 0 Å². The first-order valence-electron chi connectivity index (χ1n) is 4.39. The van der Waals surface area contributed by atoms with Crippen molar-refractivity contribution in [3.05, 3.63) is 40.4 Å². The molecule has 2 rings (SSSR count). The van der Waals surface area contributed by atoms with E-state index in [2.05, 4.69) is 25.1 Å². The van der Waals surface area contributed by atoms with E-state index in [4.69, 9.17) is 23.2 Å². The van der Waals surface area contributed by atoms with Crippen LogP contribution in [0.4, 0.5) is 0 Å². The van der Waals surface area contributed by atoms with Crippen LogP contribution in [-0.2, 0) is 0 Å². The molecule has 0 saturated heterocycles. The standard InChI is InChI=1S/C11H10Cl2S/c1-7-2-3-10-9(4-7)11(13)8(5-12)6-14-10/h2-5,11H,6H2,1H3/b8-5+. The molecule has 1 atom stereocenters. The van der Waals surface area contributed by atoms with E-state index in [1.165, 1.54) is 16.0 Å². The molecule has 1 aliphatic heterocycles. The van der Waals surface area contributed by atoms with E-state index in [-0.39, 0.29) is 5.38 Å². The van der Waals surface area contributed by atoms with Crippen LogP contribution in [0.5, 0.6) is 0 Å². The smallest absolute Gasteiger partial charge is 0.0825 e. The highest BCUT2D eigenvalue weighted by molar-refractivity contribution is 7.99. The predicted molar refractivity (Wildman–Crippen MR) is 64.4 cm³/mol. The molecule has 1 aromatic carbocycles. The van der Waals surface area contributed by atoms with Crippen LogP contribution in [0.15, 0.2) is 34.2 Å². The normalized spacial score (nSPS) is 23.6. The molecule has 74 valence electrons. The average molecular weight is 245 g/mol. The second-order valence-corrected chi connectivity index (χ2v) is 5.05. The minimum Gasteiger partial charge on any atom is -0.121 e. The van der Waals surface area contributed by atoms with Gasteiger partial charge in [-0.25, -0.2) is 0 Å². The van der Waals surface area contributed by atoms with Gasteiger partial charge in [-0.2, -0.15) is 0 Å². The molecule has 0 fully saturated rings. The van der Waals surface area contributed by atoms with Crippen molar-refractivity contribution in [1.82, 2.24) is 0 Å². The summed E-state index contributed by atoms with van der Waals surface area (Å²) in [6.45, 7) is 2.08. The van der Waals surface area contributed by atoms with Gasteiger partial charge < -0.3 is 0 Å². The molecule has 14 heavy (non-hydrogen) atoms. The third kappa shape index (κ3) is 1.81. The quantitative estimate of drug-likeness (QED) is 0.606.